The van der Waals surface area contributed by atoms with Crippen LogP contribution >= 0.6 is 11.6 Å². The van der Waals surface area contributed by atoms with E-state index < -0.39 is 0 Å². The van der Waals surface area contributed by atoms with Crippen molar-refractivity contribution < 1.29 is 14.6 Å². The molecular formula is C14H20ClNO3. The van der Waals surface area contributed by atoms with Crippen molar-refractivity contribution in [2.75, 3.05) is 26.8 Å². The van der Waals surface area contributed by atoms with Crippen LogP contribution in [0.4, 0.5) is 0 Å². The molecule has 106 valence electrons. The predicted molar refractivity (Wildman–Crippen MR) is 75.0 cm³/mol. The lowest BCUT2D eigenvalue weighted by atomic mass is 10.1. The van der Waals surface area contributed by atoms with E-state index in [1.807, 2.05) is 6.07 Å². The Morgan fingerprint density at radius 1 is 1.53 bits per heavy atom. The Balaban J connectivity index is 2.11. The second kappa shape index (κ2) is 6.46. The minimum Gasteiger partial charge on any atom is -0.503 e. The maximum atomic E-state index is 9.72. The highest BCUT2D eigenvalue weighted by Crippen LogP contribution is 2.35. The molecule has 1 saturated heterocycles. The maximum absolute atomic E-state index is 9.72. The SMILES string of the molecule is COc1cc(CN2CCCOC(C)C2)cc(Cl)c1O. The third kappa shape index (κ3) is 3.75. The molecule has 5 heteroatoms. The lowest BCUT2D eigenvalue weighted by Crippen LogP contribution is -2.29. The summed E-state index contributed by atoms with van der Waals surface area (Å²) < 4.78 is 10.7. The second-order valence-corrected chi connectivity index (χ2v) is 5.31. The molecule has 0 aliphatic carbocycles. The molecule has 0 radical (unpaired) electrons. The Morgan fingerprint density at radius 2 is 2.32 bits per heavy atom. The highest BCUT2D eigenvalue weighted by atomic mass is 35.5. The second-order valence-electron chi connectivity index (χ2n) is 4.90. The van der Waals surface area contributed by atoms with Gasteiger partial charge in [0.1, 0.15) is 0 Å². The molecule has 0 amide bonds. The van der Waals surface area contributed by atoms with Crippen molar-refractivity contribution in [2.24, 2.45) is 0 Å². The highest BCUT2D eigenvalue weighted by molar-refractivity contribution is 6.32. The van der Waals surface area contributed by atoms with E-state index >= 15 is 0 Å². The van der Waals surface area contributed by atoms with Crippen LogP contribution in [0, 0.1) is 0 Å². The highest BCUT2D eigenvalue weighted by Gasteiger charge is 2.16. The van der Waals surface area contributed by atoms with Gasteiger partial charge in [0.05, 0.1) is 18.2 Å². The van der Waals surface area contributed by atoms with Gasteiger partial charge in [0.2, 0.25) is 0 Å². The Labute approximate surface area is 118 Å². The summed E-state index contributed by atoms with van der Waals surface area (Å²) in [7, 11) is 1.52. The number of halogens is 1. The van der Waals surface area contributed by atoms with E-state index in [1.54, 1.807) is 6.07 Å². The van der Waals surface area contributed by atoms with Gasteiger partial charge in [-0.25, -0.2) is 0 Å². The van der Waals surface area contributed by atoms with Gasteiger partial charge in [0.25, 0.3) is 0 Å². The third-order valence-corrected chi connectivity index (χ3v) is 3.54. The van der Waals surface area contributed by atoms with Gasteiger partial charge in [0, 0.05) is 26.2 Å². The Hall–Kier alpha value is -0.970. The van der Waals surface area contributed by atoms with Crippen molar-refractivity contribution in [3.05, 3.63) is 22.7 Å². The summed E-state index contributed by atoms with van der Waals surface area (Å²) in [5.41, 5.74) is 1.04. The molecule has 1 fully saturated rings. The summed E-state index contributed by atoms with van der Waals surface area (Å²) in [6.07, 6.45) is 1.28. The number of hydrogen-bond acceptors (Lipinski definition) is 4. The first-order valence-corrected chi connectivity index (χ1v) is 6.87. The van der Waals surface area contributed by atoms with E-state index in [9.17, 15) is 5.11 Å². The van der Waals surface area contributed by atoms with Crippen molar-refractivity contribution >= 4 is 11.6 Å². The average Bonchev–Trinajstić information content (AvgIpc) is 2.58. The van der Waals surface area contributed by atoms with Crippen molar-refractivity contribution in [3.8, 4) is 11.5 Å². The molecule has 4 nitrogen and oxygen atoms in total. The first-order chi connectivity index (χ1) is 9.10. The van der Waals surface area contributed by atoms with Gasteiger partial charge < -0.3 is 14.6 Å². The standard InChI is InChI=1S/C14H20ClNO3/c1-10-8-16(4-3-5-19-10)9-11-6-12(15)14(17)13(7-11)18-2/h6-7,10,17H,3-5,8-9H2,1-2H3. The number of benzene rings is 1. The molecule has 1 aromatic carbocycles. The summed E-state index contributed by atoms with van der Waals surface area (Å²) in [6, 6.07) is 3.62. The van der Waals surface area contributed by atoms with E-state index in [2.05, 4.69) is 11.8 Å². The monoisotopic (exact) mass is 285 g/mol. The van der Waals surface area contributed by atoms with Crippen LogP contribution in [0.2, 0.25) is 5.02 Å². The van der Waals surface area contributed by atoms with Gasteiger partial charge in [-0.1, -0.05) is 11.6 Å². The van der Waals surface area contributed by atoms with Crippen molar-refractivity contribution in [2.45, 2.75) is 26.0 Å². The van der Waals surface area contributed by atoms with Crippen molar-refractivity contribution in [3.63, 3.8) is 0 Å². The van der Waals surface area contributed by atoms with Gasteiger partial charge in [-0.15, -0.1) is 0 Å². The molecule has 0 spiro atoms. The van der Waals surface area contributed by atoms with Gasteiger partial charge >= 0.3 is 0 Å². The van der Waals surface area contributed by atoms with Gasteiger partial charge in [-0.2, -0.15) is 0 Å². The van der Waals surface area contributed by atoms with Crippen LogP contribution in [-0.2, 0) is 11.3 Å². The number of phenols is 1. The fourth-order valence-corrected chi connectivity index (χ4v) is 2.59. The third-order valence-electron chi connectivity index (χ3n) is 3.25. The molecular weight excluding hydrogens is 266 g/mol. The number of phenolic OH excluding ortho intramolecular Hbond substituents is 1. The smallest absolute Gasteiger partial charge is 0.176 e. The van der Waals surface area contributed by atoms with Gasteiger partial charge in [-0.3, -0.25) is 4.90 Å². The minimum atomic E-state index is 0.000449. The van der Waals surface area contributed by atoms with Crippen LogP contribution in [0.1, 0.15) is 18.9 Å². The number of aromatic hydroxyl groups is 1. The predicted octanol–water partition coefficient (Wildman–Crippen LogP) is 2.67. The van der Waals surface area contributed by atoms with E-state index in [0.717, 1.165) is 38.2 Å². The number of ether oxygens (including phenoxy) is 2. The normalized spacial score (nSPS) is 21.1. The fourth-order valence-electron chi connectivity index (χ4n) is 2.36. The molecule has 1 unspecified atom stereocenters. The maximum Gasteiger partial charge on any atom is 0.176 e. The minimum absolute atomic E-state index is 0.000449. The van der Waals surface area contributed by atoms with Gasteiger partial charge in [0.15, 0.2) is 11.5 Å². The Kier molecular flexibility index (Phi) is 4.91. The fraction of sp³-hybridized carbons (Fsp3) is 0.571. The van der Waals surface area contributed by atoms with Crippen molar-refractivity contribution in [1.82, 2.24) is 4.90 Å². The summed E-state index contributed by atoms with van der Waals surface area (Å²) in [4.78, 5) is 2.33. The summed E-state index contributed by atoms with van der Waals surface area (Å²) in [5, 5.41) is 10.1. The number of nitrogens with zero attached hydrogens (tertiary/aromatic N) is 1. The largest absolute Gasteiger partial charge is 0.503 e. The molecule has 0 saturated carbocycles. The van der Waals surface area contributed by atoms with Crippen LogP contribution in [0.3, 0.4) is 0 Å². The Bertz CT molecular complexity index is 439. The van der Waals surface area contributed by atoms with E-state index in [4.69, 9.17) is 21.1 Å². The average molecular weight is 286 g/mol. The zero-order valence-electron chi connectivity index (χ0n) is 11.4. The molecule has 1 aliphatic heterocycles. The number of hydrogen-bond donors (Lipinski definition) is 1. The van der Waals surface area contributed by atoms with Crippen LogP contribution < -0.4 is 4.74 Å². The van der Waals surface area contributed by atoms with Crippen LogP contribution in [0.5, 0.6) is 11.5 Å². The lowest BCUT2D eigenvalue weighted by Gasteiger charge is -2.22. The quantitative estimate of drug-likeness (QED) is 0.927. The molecule has 19 heavy (non-hydrogen) atoms. The number of methoxy groups -OCH3 is 1. The summed E-state index contributed by atoms with van der Waals surface area (Å²) in [6.45, 7) is 5.59. The van der Waals surface area contributed by atoms with Crippen LogP contribution in [0.25, 0.3) is 0 Å². The molecule has 2 rings (SSSR count). The molecule has 1 atom stereocenters. The zero-order valence-corrected chi connectivity index (χ0v) is 12.1. The van der Waals surface area contributed by atoms with Gasteiger partial charge in [-0.05, 0) is 31.0 Å². The van der Waals surface area contributed by atoms with E-state index in [0.29, 0.717) is 10.8 Å². The van der Waals surface area contributed by atoms with E-state index in [1.165, 1.54) is 7.11 Å². The summed E-state index contributed by atoms with van der Waals surface area (Å²) >= 11 is 6.00. The van der Waals surface area contributed by atoms with Crippen molar-refractivity contribution in [1.29, 1.82) is 0 Å². The molecule has 1 heterocycles. The van der Waals surface area contributed by atoms with E-state index in [-0.39, 0.29) is 11.9 Å². The molecule has 1 aromatic rings. The first-order valence-electron chi connectivity index (χ1n) is 6.49. The number of rotatable bonds is 3. The lowest BCUT2D eigenvalue weighted by molar-refractivity contribution is 0.0668. The van der Waals surface area contributed by atoms with Crippen LogP contribution in [-0.4, -0.2) is 42.9 Å². The zero-order chi connectivity index (χ0) is 13.8. The molecule has 1 aliphatic rings. The molecule has 1 N–H and O–H groups in total. The first kappa shape index (κ1) is 14.4. The Morgan fingerprint density at radius 3 is 3.05 bits per heavy atom. The van der Waals surface area contributed by atoms with Crippen LogP contribution in [0.15, 0.2) is 12.1 Å². The molecule has 0 bridgehead atoms. The molecule has 0 aromatic heterocycles. The summed E-state index contributed by atoms with van der Waals surface area (Å²) in [5.74, 6) is 0.419. The topological polar surface area (TPSA) is 41.9 Å².